The van der Waals surface area contributed by atoms with E-state index in [1.54, 1.807) is 34.6 Å². The number of aromatic hydroxyl groups is 1. The lowest BCUT2D eigenvalue weighted by Crippen LogP contribution is -2.35. The average Bonchev–Trinajstić information content (AvgIpc) is 3.84. The van der Waals surface area contributed by atoms with E-state index in [-0.39, 0.29) is 29.5 Å². The molecule has 16 heteroatoms. The Kier molecular flexibility index (Phi) is 12.2. The highest BCUT2D eigenvalue weighted by Gasteiger charge is 2.37. The third-order valence-corrected chi connectivity index (χ3v) is 13.5. The molecule has 4 atom stereocenters. The highest BCUT2D eigenvalue weighted by molar-refractivity contribution is 7.13. The van der Waals surface area contributed by atoms with Crippen LogP contribution in [-0.4, -0.2) is 94.6 Å². The van der Waals surface area contributed by atoms with Gasteiger partial charge in [-0.2, -0.15) is 0 Å². The maximum Gasteiger partial charge on any atom is 0.233 e. The second-order valence-electron chi connectivity index (χ2n) is 17.3. The highest BCUT2D eigenvalue weighted by Crippen LogP contribution is 2.44. The summed E-state index contributed by atoms with van der Waals surface area (Å²) in [6.07, 6.45) is 5.81. The van der Waals surface area contributed by atoms with Gasteiger partial charge in [0.05, 0.1) is 45.1 Å². The van der Waals surface area contributed by atoms with E-state index < -0.39 is 12.0 Å². The molecule has 0 bridgehead atoms. The molecule has 2 aliphatic heterocycles. The summed E-state index contributed by atoms with van der Waals surface area (Å²) in [6, 6.07) is 23.8. The number of β-amino-alcohol motifs (C(OH)–C–C–N with tert-alkyl or cyclic N) is 1. The van der Waals surface area contributed by atoms with E-state index in [1.807, 2.05) is 69.6 Å². The smallest absolute Gasteiger partial charge is 0.233 e. The van der Waals surface area contributed by atoms with Crippen LogP contribution in [0.3, 0.4) is 0 Å². The lowest BCUT2D eigenvalue weighted by atomic mass is 9.91. The SMILES string of the molecule is CC(C)C(C(=O)N1CCC(O)C1)c1cc(-c2ccnc(N3CCC(c4cc5nnc(-c6ccccc6O)cc5n4C4CC4)C3)n2)no1.Cc1ncsc1-c1ccc([C@H](C)NC=O)cc1. The van der Waals surface area contributed by atoms with Gasteiger partial charge in [0.2, 0.25) is 18.3 Å². The molecule has 0 radical (unpaired) electrons. The number of aryl methyl sites for hydroxylation is 1. The first-order valence-electron chi connectivity index (χ1n) is 21.9. The Bertz CT molecular complexity index is 2760. The van der Waals surface area contributed by atoms with Gasteiger partial charge in [-0.25, -0.2) is 15.0 Å². The first-order chi connectivity index (χ1) is 31.1. The quantitative estimate of drug-likeness (QED) is 0.101. The van der Waals surface area contributed by atoms with Crippen molar-refractivity contribution in [3.63, 3.8) is 0 Å². The summed E-state index contributed by atoms with van der Waals surface area (Å²) in [5, 5.41) is 36.5. The number of nitrogens with one attached hydrogen (secondary N) is 1. The number of amides is 2. The van der Waals surface area contributed by atoms with Crippen LogP contribution >= 0.6 is 11.3 Å². The van der Waals surface area contributed by atoms with Crippen molar-refractivity contribution in [3.05, 3.63) is 107 Å². The number of para-hydroxylation sites is 1. The van der Waals surface area contributed by atoms with Gasteiger partial charge in [0, 0.05) is 61.7 Å². The number of hydrogen-bond acceptors (Lipinski definition) is 13. The molecule has 1 saturated carbocycles. The Balaban J connectivity index is 0.000000256. The van der Waals surface area contributed by atoms with Crippen molar-refractivity contribution in [2.75, 3.05) is 31.1 Å². The predicted molar refractivity (Wildman–Crippen MR) is 245 cm³/mol. The first kappa shape index (κ1) is 42.8. The zero-order valence-electron chi connectivity index (χ0n) is 36.3. The van der Waals surface area contributed by atoms with Crippen LogP contribution in [0.2, 0.25) is 0 Å². The van der Waals surface area contributed by atoms with E-state index in [1.165, 1.54) is 16.1 Å². The number of anilines is 1. The number of fused-ring (bicyclic) bond motifs is 1. The van der Waals surface area contributed by atoms with Crippen LogP contribution in [0.25, 0.3) is 44.1 Å². The number of rotatable bonds is 12. The number of carbonyl (C=O) groups excluding carboxylic acids is 2. The number of phenols is 1. The fourth-order valence-electron chi connectivity index (χ4n) is 8.87. The molecule has 64 heavy (non-hydrogen) atoms. The molecule has 15 nitrogen and oxygen atoms in total. The number of aliphatic hydroxyl groups is 1. The van der Waals surface area contributed by atoms with E-state index >= 15 is 0 Å². The van der Waals surface area contributed by atoms with Crippen molar-refractivity contribution in [3.8, 4) is 38.8 Å². The van der Waals surface area contributed by atoms with Gasteiger partial charge < -0.3 is 34.4 Å². The summed E-state index contributed by atoms with van der Waals surface area (Å²) >= 11 is 1.64. The van der Waals surface area contributed by atoms with Gasteiger partial charge >= 0.3 is 0 Å². The second kappa shape index (κ2) is 18.3. The van der Waals surface area contributed by atoms with Crippen molar-refractivity contribution < 1.29 is 24.3 Å². The zero-order valence-corrected chi connectivity index (χ0v) is 37.2. The predicted octanol–water partition coefficient (Wildman–Crippen LogP) is 7.84. The molecule has 2 aromatic carbocycles. The Hall–Kier alpha value is -6.52. The number of aliphatic hydroxyl groups excluding tert-OH is 1. The van der Waals surface area contributed by atoms with Crippen LogP contribution in [0.5, 0.6) is 5.75 Å². The van der Waals surface area contributed by atoms with Crippen LogP contribution in [0.1, 0.15) is 93.1 Å². The molecule has 3 unspecified atom stereocenters. The minimum absolute atomic E-state index is 0.00201. The van der Waals surface area contributed by atoms with Crippen molar-refractivity contribution in [2.45, 2.75) is 83.4 Å². The fraction of sp³-hybridized carbons (Fsp3) is 0.375. The van der Waals surface area contributed by atoms with Crippen molar-refractivity contribution in [1.82, 2.24) is 45.1 Å². The molecule has 3 N–H and O–H groups in total. The summed E-state index contributed by atoms with van der Waals surface area (Å²) in [6.45, 7) is 10.4. The minimum Gasteiger partial charge on any atom is -0.507 e. The van der Waals surface area contributed by atoms with Crippen LogP contribution in [0.15, 0.2) is 89.0 Å². The molecule has 330 valence electrons. The maximum atomic E-state index is 13.4. The average molecular weight is 881 g/mol. The first-order valence-corrected chi connectivity index (χ1v) is 22.8. The number of phenolic OH excluding ortho intramolecular Hbond substituents is 1. The van der Waals surface area contributed by atoms with Gasteiger partial charge in [0.15, 0.2) is 0 Å². The number of carbonyl (C=O) groups is 2. The summed E-state index contributed by atoms with van der Waals surface area (Å²) < 4.78 is 8.18. The van der Waals surface area contributed by atoms with Crippen molar-refractivity contribution in [1.29, 1.82) is 0 Å². The van der Waals surface area contributed by atoms with E-state index in [4.69, 9.17) is 9.51 Å². The molecule has 3 aliphatic rings. The molecular formula is C48H52N10O5S. The van der Waals surface area contributed by atoms with Crippen molar-refractivity contribution >= 4 is 40.6 Å². The number of likely N-dealkylation sites (tertiary alicyclic amines) is 1. The molecule has 1 aliphatic carbocycles. The van der Waals surface area contributed by atoms with Crippen LogP contribution < -0.4 is 10.2 Å². The van der Waals surface area contributed by atoms with Crippen LogP contribution in [0.4, 0.5) is 5.95 Å². The van der Waals surface area contributed by atoms with Crippen LogP contribution in [0, 0.1) is 12.8 Å². The number of nitrogens with zero attached hydrogens (tertiary/aromatic N) is 9. The molecule has 0 spiro atoms. The van der Waals surface area contributed by atoms with Gasteiger partial charge in [-0.05, 0) is 86.9 Å². The summed E-state index contributed by atoms with van der Waals surface area (Å²) in [5.41, 5.74) is 10.9. The second-order valence-corrected chi connectivity index (χ2v) is 18.2. The number of aromatic nitrogens is 7. The Morgan fingerprint density at radius 1 is 0.922 bits per heavy atom. The molecule has 10 rings (SSSR count). The number of thiazole rings is 1. The molecule has 2 saturated heterocycles. The van der Waals surface area contributed by atoms with Crippen molar-refractivity contribution in [2.24, 2.45) is 5.92 Å². The zero-order chi connectivity index (χ0) is 44.5. The summed E-state index contributed by atoms with van der Waals surface area (Å²) in [7, 11) is 0. The minimum atomic E-state index is -0.487. The highest BCUT2D eigenvalue weighted by atomic mass is 32.1. The maximum absolute atomic E-state index is 13.4. The van der Waals surface area contributed by atoms with E-state index in [0.29, 0.717) is 59.9 Å². The molecule has 7 heterocycles. The normalized spacial score (nSPS) is 18.3. The molecule has 3 fully saturated rings. The summed E-state index contributed by atoms with van der Waals surface area (Å²) in [4.78, 5) is 42.6. The van der Waals surface area contributed by atoms with Gasteiger partial charge in [-0.1, -0.05) is 55.4 Å². The largest absolute Gasteiger partial charge is 0.507 e. The summed E-state index contributed by atoms with van der Waals surface area (Å²) in [5.74, 6) is 1.06. The third kappa shape index (κ3) is 8.84. The van der Waals surface area contributed by atoms with Gasteiger partial charge in [-0.15, -0.1) is 21.5 Å². The van der Waals surface area contributed by atoms with Gasteiger partial charge in [-0.3, -0.25) is 9.59 Å². The molecule has 7 aromatic rings. The topological polar surface area (TPSA) is 189 Å². The Morgan fingerprint density at radius 2 is 1.73 bits per heavy atom. The third-order valence-electron chi connectivity index (χ3n) is 12.5. The molecular weight excluding hydrogens is 829 g/mol. The van der Waals surface area contributed by atoms with E-state index in [2.05, 4.69) is 64.4 Å². The van der Waals surface area contributed by atoms with Gasteiger partial charge in [0.25, 0.3) is 0 Å². The number of benzene rings is 2. The lowest BCUT2D eigenvalue weighted by Gasteiger charge is -2.23. The Morgan fingerprint density at radius 3 is 2.44 bits per heavy atom. The molecule has 5 aromatic heterocycles. The van der Waals surface area contributed by atoms with E-state index in [0.717, 1.165) is 61.1 Å². The molecule has 2 amide bonds. The lowest BCUT2D eigenvalue weighted by molar-refractivity contribution is -0.133. The monoisotopic (exact) mass is 880 g/mol. The van der Waals surface area contributed by atoms with Crippen LogP contribution in [-0.2, 0) is 9.59 Å². The Labute approximate surface area is 375 Å². The van der Waals surface area contributed by atoms with Gasteiger partial charge in [0.1, 0.15) is 28.6 Å². The standard InChI is InChI=1S/C35H38N8O4.C13H14N2OS/c1-20(2)33(34(46)41-14-11-23(44)19-41)32-17-27(40-47-32)25-9-12-36-35(37-25)42-13-10-21(18-42)29-16-28-30(43(29)22-7-8-22)15-26(38-39-28)24-5-3-4-6-31(24)45;1-9(14-7-16)11-3-5-12(6-4-11)13-10(2)15-8-17-13/h3-6,9,12,15-17,20-23,33,44-45H,7-8,10-11,13-14,18-19H2,1-2H3;3-9H,1-2H3,(H,14,16)/t;9-/m.0/s1. The fourth-order valence-corrected chi connectivity index (χ4v) is 9.68. The van der Waals surface area contributed by atoms with E-state index in [9.17, 15) is 19.8 Å². The number of hydrogen-bond donors (Lipinski definition) is 3.